The first-order valence-electron chi connectivity index (χ1n) is 12.8. The van der Waals surface area contributed by atoms with Gasteiger partial charge in [-0.3, -0.25) is 19.7 Å². The molecular weight excluding hydrogens is 434 g/mol. The van der Waals surface area contributed by atoms with Gasteiger partial charge in [0.2, 0.25) is 11.8 Å². The van der Waals surface area contributed by atoms with E-state index in [-0.39, 0.29) is 30.2 Å². The third-order valence-electron chi connectivity index (χ3n) is 7.79. The molecule has 1 saturated carbocycles. The Labute approximate surface area is 200 Å². The van der Waals surface area contributed by atoms with Gasteiger partial charge >= 0.3 is 0 Å². The zero-order chi connectivity index (χ0) is 23.5. The number of imide groups is 1. The largest absolute Gasteiger partial charge is 0.490 e. The first-order valence-corrected chi connectivity index (χ1v) is 12.8. The number of fused-ring (bicyclic) bond motifs is 1. The van der Waals surface area contributed by atoms with Gasteiger partial charge < -0.3 is 19.7 Å². The van der Waals surface area contributed by atoms with Crippen LogP contribution in [0.25, 0.3) is 0 Å². The highest BCUT2D eigenvalue weighted by Crippen LogP contribution is 2.31. The van der Waals surface area contributed by atoms with Crippen molar-refractivity contribution < 1.29 is 23.9 Å². The third kappa shape index (κ3) is 5.13. The topological polar surface area (TPSA) is 97.0 Å². The summed E-state index contributed by atoms with van der Waals surface area (Å²) in [4.78, 5) is 37.6. The van der Waals surface area contributed by atoms with Gasteiger partial charge in [0.25, 0.3) is 5.91 Å². The molecule has 4 fully saturated rings. The molecule has 3 amide bonds. The van der Waals surface area contributed by atoms with Gasteiger partial charge in [0.1, 0.15) is 11.8 Å². The van der Waals surface area contributed by atoms with E-state index in [1.165, 1.54) is 38.8 Å². The van der Waals surface area contributed by atoms with Crippen LogP contribution in [0, 0.1) is 11.8 Å². The van der Waals surface area contributed by atoms with E-state index in [4.69, 9.17) is 9.47 Å². The standard InChI is InChI=1S/C19H22N2O4.C7H13NO/c22-17-9-8-16(18(23)20-17)21-11-12-10-14(6-7-15(12)19(21)24)25-13-4-2-1-3-5-13;1-2-9-5-6(1)7-3-8-4-7/h6-7,10,13,16H,1-5,8-9,11H2,(H,20,22,23);6-8H,1-5H2. The van der Waals surface area contributed by atoms with Crippen LogP contribution in [0.15, 0.2) is 18.2 Å². The Morgan fingerprint density at radius 3 is 2.47 bits per heavy atom. The summed E-state index contributed by atoms with van der Waals surface area (Å²) in [6, 6.07) is 5.00. The molecule has 4 aliphatic heterocycles. The third-order valence-corrected chi connectivity index (χ3v) is 7.79. The number of hydrogen-bond donors (Lipinski definition) is 2. The fourth-order valence-electron chi connectivity index (χ4n) is 5.57. The number of piperidine rings is 1. The SMILES string of the molecule is C1CC(C2CNC2)CO1.O=C1CCC(N2Cc3cc(OC4CCCCC4)ccc3C2=O)C(=O)N1. The van der Waals surface area contributed by atoms with E-state index in [0.29, 0.717) is 18.5 Å². The normalized spacial score (nSPS) is 27.5. The molecule has 0 radical (unpaired) electrons. The summed E-state index contributed by atoms with van der Waals surface area (Å²) in [5.74, 6) is 1.82. The summed E-state index contributed by atoms with van der Waals surface area (Å²) in [5.41, 5.74) is 1.52. The molecule has 4 heterocycles. The molecule has 2 atom stereocenters. The number of ether oxygens (including phenoxy) is 2. The van der Waals surface area contributed by atoms with Gasteiger partial charge in [0, 0.05) is 31.7 Å². The van der Waals surface area contributed by atoms with Crippen LogP contribution < -0.4 is 15.4 Å². The number of carbonyl (C=O) groups is 3. The number of benzene rings is 1. The van der Waals surface area contributed by atoms with Crippen LogP contribution in [-0.2, 0) is 20.9 Å². The molecule has 8 heteroatoms. The van der Waals surface area contributed by atoms with Crippen LogP contribution in [0.3, 0.4) is 0 Å². The van der Waals surface area contributed by atoms with E-state index in [2.05, 4.69) is 10.6 Å². The Morgan fingerprint density at radius 2 is 1.79 bits per heavy atom. The Hall–Kier alpha value is -2.45. The van der Waals surface area contributed by atoms with Crippen molar-refractivity contribution in [1.82, 2.24) is 15.5 Å². The molecule has 1 aliphatic carbocycles. The maximum absolute atomic E-state index is 12.6. The van der Waals surface area contributed by atoms with E-state index in [0.717, 1.165) is 49.2 Å². The van der Waals surface area contributed by atoms with Crippen molar-refractivity contribution in [3.8, 4) is 5.75 Å². The van der Waals surface area contributed by atoms with Crippen molar-refractivity contribution in [1.29, 1.82) is 0 Å². The fourth-order valence-corrected chi connectivity index (χ4v) is 5.57. The van der Waals surface area contributed by atoms with Crippen LogP contribution in [-0.4, -0.2) is 61.1 Å². The van der Waals surface area contributed by atoms with Crippen LogP contribution in [0.2, 0.25) is 0 Å². The molecule has 34 heavy (non-hydrogen) atoms. The van der Waals surface area contributed by atoms with E-state index in [1.54, 1.807) is 11.0 Å². The minimum Gasteiger partial charge on any atom is -0.490 e. The number of amides is 3. The van der Waals surface area contributed by atoms with Gasteiger partial charge in [0.15, 0.2) is 0 Å². The molecule has 0 aromatic heterocycles. The summed E-state index contributed by atoms with van der Waals surface area (Å²) in [7, 11) is 0. The maximum Gasteiger partial charge on any atom is 0.255 e. The maximum atomic E-state index is 12.6. The van der Waals surface area contributed by atoms with Crippen molar-refractivity contribution in [3.63, 3.8) is 0 Å². The second-order valence-corrected chi connectivity index (χ2v) is 10.1. The number of nitrogens with one attached hydrogen (secondary N) is 2. The van der Waals surface area contributed by atoms with Crippen molar-refractivity contribution in [2.45, 2.75) is 70.1 Å². The lowest BCUT2D eigenvalue weighted by molar-refractivity contribution is -0.136. The molecule has 3 saturated heterocycles. The van der Waals surface area contributed by atoms with Crippen LogP contribution in [0.5, 0.6) is 5.75 Å². The van der Waals surface area contributed by atoms with Gasteiger partial charge in [-0.25, -0.2) is 0 Å². The highest BCUT2D eigenvalue weighted by molar-refractivity contribution is 6.05. The first-order chi connectivity index (χ1) is 16.6. The molecule has 5 aliphatic rings. The van der Waals surface area contributed by atoms with Crippen LogP contribution in [0.4, 0.5) is 0 Å². The van der Waals surface area contributed by atoms with E-state index >= 15 is 0 Å². The summed E-state index contributed by atoms with van der Waals surface area (Å²) < 4.78 is 11.4. The number of nitrogens with zero attached hydrogens (tertiary/aromatic N) is 1. The molecule has 0 bridgehead atoms. The average Bonchev–Trinajstić information content (AvgIpc) is 3.42. The van der Waals surface area contributed by atoms with E-state index < -0.39 is 6.04 Å². The Balaban J connectivity index is 0.000000222. The van der Waals surface area contributed by atoms with Crippen LogP contribution in [0.1, 0.15) is 67.3 Å². The van der Waals surface area contributed by atoms with Gasteiger partial charge in [0.05, 0.1) is 6.10 Å². The Kier molecular flexibility index (Phi) is 7.15. The second-order valence-electron chi connectivity index (χ2n) is 10.1. The quantitative estimate of drug-likeness (QED) is 0.658. The monoisotopic (exact) mass is 469 g/mol. The average molecular weight is 470 g/mol. The first kappa shape index (κ1) is 23.3. The van der Waals surface area contributed by atoms with Crippen molar-refractivity contribution in [2.75, 3.05) is 26.3 Å². The number of hydrogen-bond acceptors (Lipinski definition) is 6. The van der Waals surface area contributed by atoms with Gasteiger partial charge in [-0.15, -0.1) is 0 Å². The van der Waals surface area contributed by atoms with E-state index in [9.17, 15) is 14.4 Å². The summed E-state index contributed by atoms with van der Waals surface area (Å²) in [6.07, 6.45) is 8.06. The van der Waals surface area contributed by atoms with Crippen LogP contribution >= 0.6 is 0 Å². The molecular formula is C26H35N3O5. The number of rotatable bonds is 4. The van der Waals surface area contributed by atoms with Crippen molar-refractivity contribution in [2.24, 2.45) is 11.8 Å². The minimum absolute atomic E-state index is 0.145. The van der Waals surface area contributed by atoms with Gasteiger partial charge in [-0.1, -0.05) is 6.42 Å². The van der Waals surface area contributed by atoms with Crippen molar-refractivity contribution >= 4 is 17.7 Å². The molecule has 2 unspecified atom stereocenters. The van der Waals surface area contributed by atoms with Gasteiger partial charge in [-0.05, 0) is 87.2 Å². The smallest absolute Gasteiger partial charge is 0.255 e. The highest BCUT2D eigenvalue weighted by Gasteiger charge is 2.39. The molecule has 0 spiro atoms. The molecule has 184 valence electrons. The summed E-state index contributed by atoms with van der Waals surface area (Å²) >= 11 is 0. The predicted molar refractivity (Wildman–Crippen MR) is 125 cm³/mol. The van der Waals surface area contributed by atoms with Gasteiger partial charge in [-0.2, -0.15) is 0 Å². The molecule has 2 N–H and O–H groups in total. The molecule has 8 nitrogen and oxygen atoms in total. The molecule has 1 aromatic carbocycles. The Morgan fingerprint density at radius 1 is 0.971 bits per heavy atom. The summed E-state index contributed by atoms with van der Waals surface area (Å²) in [6.45, 7) is 4.87. The van der Waals surface area contributed by atoms with E-state index in [1.807, 2.05) is 12.1 Å². The second kappa shape index (κ2) is 10.4. The zero-order valence-corrected chi connectivity index (χ0v) is 19.7. The summed E-state index contributed by atoms with van der Waals surface area (Å²) in [5, 5.41) is 5.61. The Bertz CT molecular complexity index is 919. The number of carbonyl (C=O) groups excluding carboxylic acids is 3. The zero-order valence-electron chi connectivity index (χ0n) is 19.7. The molecule has 6 rings (SSSR count). The predicted octanol–water partition coefficient (Wildman–Crippen LogP) is 2.40. The lowest BCUT2D eigenvalue weighted by Crippen LogP contribution is -2.52. The minimum atomic E-state index is -0.569. The molecule has 1 aromatic rings. The van der Waals surface area contributed by atoms with Crippen molar-refractivity contribution in [3.05, 3.63) is 29.3 Å². The highest BCUT2D eigenvalue weighted by atomic mass is 16.5. The lowest BCUT2D eigenvalue weighted by Gasteiger charge is -2.31. The lowest BCUT2D eigenvalue weighted by atomic mass is 9.87. The fraction of sp³-hybridized carbons (Fsp3) is 0.654.